The lowest BCUT2D eigenvalue weighted by atomic mass is 10.1. The number of Topliss-reactive ketones (excluding diaryl/α,β-unsaturated/α-hetero) is 1. The van der Waals surface area contributed by atoms with E-state index in [1.165, 1.54) is 11.3 Å². The molecule has 0 saturated carbocycles. The van der Waals surface area contributed by atoms with Crippen LogP contribution < -0.4 is 20.4 Å². The number of carboxylic acids is 1. The highest BCUT2D eigenvalue weighted by Crippen LogP contribution is 2.31. The fourth-order valence-corrected chi connectivity index (χ4v) is 5.37. The summed E-state index contributed by atoms with van der Waals surface area (Å²) < 4.78 is 0. The van der Waals surface area contributed by atoms with Crippen LogP contribution in [0.4, 0.5) is 10.8 Å². The van der Waals surface area contributed by atoms with Crippen LogP contribution >= 0.6 is 11.3 Å². The number of carbonyl (C=O) groups is 3. The van der Waals surface area contributed by atoms with Crippen LogP contribution in [-0.2, 0) is 4.79 Å². The summed E-state index contributed by atoms with van der Waals surface area (Å²) in [5.41, 5.74) is 2.32. The van der Waals surface area contributed by atoms with Gasteiger partial charge in [0.05, 0.1) is 12.2 Å². The van der Waals surface area contributed by atoms with Crippen molar-refractivity contribution in [2.24, 2.45) is 0 Å². The van der Waals surface area contributed by atoms with Crippen molar-refractivity contribution in [3.8, 4) is 0 Å². The Balaban J connectivity index is 1.37. The summed E-state index contributed by atoms with van der Waals surface area (Å²) >= 11 is 1.33. The summed E-state index contributed by atoms with van der Waals surface area (Å²) in [6, 6.07) is 11.5. The lowest BCUT2D eigenvalue weighted by Crippen LogP contribution is -2.47. The molecule has 0 radical (unpaired) electrons. The second-order valence-electron chi connectivity index (χ2n) is 9.32. The first-order chi connectivity index (χ1) is 18.3. The number of nitrogens with zero attached hydrogens (tertiary/aromatic N) is 4. The number of amides is 1. The molecule has 0 bridgehead atoms. The van der Waals surface area contributed by atoms with E-state index in [1.807, 2.05) is 26.0 Å². The maximum Gasteiger partial charge on any atom is 0.322 e. The Morgan fingerprint density at radius 2 is 1.66 bits per heavy atom. The molecule has 38 heavy (non-hydrogen) atoms. The number of ketones is 1. The molecule has 3 aromatic rings. The minimum atomic E-state index is -1.15. The first-order valence-electron chi connectivity index (χ1n) is 12.6. The molecule has 2 aromatic heterocycles. The van der Waals surface area contributed by atoms with Crippen LogP contribution in [0.3, 0.4) is 0 Å². The summed E-state index contributed by atoms with van der Waals surface area (Å²) in [5.74, 6) is -1.71. The van der Waals surface area contributed by atoms with Gasteiger partial charge in [0, 0.05) is 56.4 Å². The molecule has 11 heteroatoms. The topological polar surface area (TPSA) is 128 Å². The number of thiazole rings is 1. The van der Waals surface area contributed by atoms with Crippen LogP contribution in [0.15, 0.2) is 54.9 Å². The van der Waals surface area contributed by atoms with Gasteiger partial charge in [-0.05, 0) is 18.1 Å². The Labute approximate surface area is 225 Å². The fourth-order valence-electron chi connectivity index (χ4n) is 4.18. The van der Waals surface area contributed by atoms with Crippen LogP contribution in [0.5, 0.6) is 0 Å². The molecule has 0 aliphatic carbocycles. The molecule has 1 fully saturated rings. The number of nitrogens with one attached hydrogen (secondary N) is 2. The van der Waals surface area contributed by atoms with E-state index in [0.29, 0.717) is 16.1 Å². The highest BCUT2D eigenvalue weighted by atomic mass is 32.1. The third kappa shape index (κ3) is 6.73. The molecule has 1 aliphatic heterocycles. The monoisotopic (exact) mass is 536 g/mol. The number of carbonyl (C=O) groups excluding carboxylic acids is 2. The maximum absolute atomic E-state index is 13.1. The third-order valence-corrected chi connectivity index (χ3v) is 7.47. The van der Waals surface area contributed by atoms with Gasteiger partial charge in [-0.25, -0.2) is 4.98 Å². The fraction of sp³-hybridized carbons (Fsp3) is 0.370. The van der Waals surface area contributed by atoms with Crippen molar-refractivity contribution < 1.29 is 19.5 Å². The highest BCUT2D eigenvalue weighted by Gasteiger charge is 2.27. The van der Waals surface area contributed by atoms with E-state index in [9.17, 15) is 19.5 Å². The highest BCUT2D eigenvalue weighted by molar-refractivity contribution is 7.17. The van der Waals surface area contributed by atoms with E-state index in [4.69, 9.17) is 4.98 Å². The van der Waals surface area contributed by atoms with Gasteiger partial charge >= 0.3 is 5.97 Å². The van der Waals surface area contributed by atoms with Crippen molar-refractivity contribution >= 4 is 39.8 Å². The molecule has 3 heterocycles. The lowest BCUT2D eigenvalue weighted by molar-refractivity contribution is -0.139. The summed E-state index contributed by atoms with van der Waals surface area (Å²) in [5, 5.41) is 15.9. The molecular weight excluding hydrogens is 504 g/mol. The molecule has 1 atom stereocenters. The standard InChI is InChI=1S/C27H32N6O4S/c1-18(2)23-24(38-27(31-23)33-14-12-32(13-15-33)20-8-10-28-11-9-20)25(35)30-16-21(26(36)37)29-17-22(34)19-6-4-3-5-7-19/h3-11,18,21,29H,12-17H2,1-2H3,(H,30,35)(H,36,37). The molecule has 4 rings (SSSR count). The minimum Gasteiger partial charge on any atom is -0.480 e. The smallest absolute Gasteiger partial charge is 0.322 e. The molecule has 1 aliphatic rings. The zero-order valence-corrected chi connectivity index (χ0v) is 22.3. The third-order valence-electron chi connectivity index (χ3n) is 6.34. The van der Waals surface area contributed by atoms with Gasteiger partial charge in [0.1, 0.15) is 10.9 Å². The van der Waals surface area contributed by atoms with Gasteiger partial charge in [-0.15, -0.1) is 0 Å². The van der Waals surface area contributed by atoms with Crippen LogP contribution in [0.25, 0.3) is 0 Å². The number of pyridine rings is 1. The number of carboxylic acid groups (broad SMARTS) is 1. The van der Waals surface area contributed by atoms with Gasteiger partial charge in [-0.2, -0.15) is 0 Å². The maximum atomic E-state index is 13.1. The van der Waals surface area contributed by atoms with Crippen LogP contribution in [0.1, 0.15) is 45.5 Å². The van der Waals surface area contributed by atoms with Gasteiger partial charge in [-0.3, -0.25) is 24.7 Å². The Kier molecular flexibility index (Phi) is 9.03. The van der Waals surface area contributed by atoms with Crippen LogP contribution in [-0.4, -0.2) is 78.0 Å². The van der Waals surface area contributed by atoms with Gasteiger partial charge in [0.15, 0.2) is 10.9 Å². The van der Waals surface area contributed by atoms with Crippen LogP contribution in [0, 0.1) is 0 Å². The number of aromatic nitrogens is 2. The number of anilines is 2. The Morgan fingerprint density at radius 1 is 1.00 bits per heavy atom. The largest absolute Gasteiger partial charge is 0.480 e. The van der Waals surface area contributed by atoms with E-state index in [1.54, 1.807) is 42.7 Å². The molecule has 1 amide bonds. The number of benzene rings is 1. The molecule has 10 nitrogen and oxygen atoms in total. The predicted molar refractivity (Wildman–Crippen MR) is 147 cm³/mol. The second-order valence-corrected chi connectivity index (χ2v) is 10.3. The SMILES string of the molecule is CC(C)c1nc(N2CCN(c3ccncc3)CC2)sc1C(=O)NCC(NCC(=O)c1ccccc1)C(=O)O. The Hall–Kier alpha value is -3.83. The average Bonchev–Trinajstić information content (AvgIpc) is 3.40. The zero-order chi connectivity index (χ0) is 27.1. The van der Waals surface area contributed by atoms with Crippen molar-refractivity contribution in [1.82, 2.24) is 20.6 Å². The van der Waals surface area contributed by atoms with Crippen molar-refractivity contribution in [2.45, 2.75) is 25.8 Å². The van der Waals surface area contributed by atoms with Gasteiger partial charge in [0.25, 0.3) is 5.91 Å². The molecule has 200 valence electrons. The van der Waals surface area contributed by atoms with Crippen molar-refractivity contribution in [3.05, 3.63) is 71.0 Å². The van der Waals surface area contributed by atoms with E-state index in [2.05, 4.69) is 25.4 Å². The molecule has 1 unspecified atom stereocenters. The number of hydrogen-bond acceptors (Lipinski definition) is 9. The summed E-state index contributed by atoms with van der Waals surface area (Å²) in [4.78, 5) is 51.1. The predicted octanol–water partition coefficient (Wildman–Crippen LogP) is 2.64. The number of piperazine rings is 1. The van der Waals surface area contributed by atoms with Gasteiger partial charge < -0.3 is 20.2 Å². The summed E-state index contributed by atoms with van der Waals surface area (Å²) in [6.45, 7) is 6.85. The van der Waals surface area contributed by atoms with E-state index < -0.39 is 12.0 Å². The summed E-state index contributed by atoms with van der Waals surface area (Å²) in [6.07, 6.45) is 3.57. The van der Waals surface area contributed by atoms with E-state index in [0.717, 1.165) is 37.0 Å². The lowest BCUT2D eigenvalue weighted by Gasteiger charge is -2.35. The van der Waals surface area contributed by atoms with Crippen molar-refractivity contribution in [1.29, 1.82) is 0 Å². The Morgan fingerprint density at radius 3 is 2.29 bits per heavy atom. The Bertz CT molecular complexity index is 1240. The number of hydrogen-bond donors (Lipinski definition) is 3. The number of aliphatic carboxylic acids is 1. The van der Waals surface area contributed by atoms with Crippen molar-refractivity contribution in [2.75, 3.05) is 49.1 Å². The molecular formula is C27H32N6O4S. The molecule has 1 aromatic carbocycles. The zero-order valence-electron chi connectivity index (χ0n) is 21.5. The van der Waals surface area contributed by atoms with Crippen LogP contribution in [0.2, 0.25) is 0 Å². The minimum absolute atomic E-state index is 0.0238. The first kappa shape index (κ1) is 27.2. The van der Waals surface area contributed by atoms with E-state index in [-0.39, 0.29) is 30.7 Å². The molecule has 0 spiro atoms. The first-order valence-corrected chi connectivity index (χ1v) is 13.4. The quantitative estimate of drug-likeness (QED) is 0.317. The van der Waals surface area contributed by atoms with E-state index >= 15 is 0 Å². The van der Waals surface area contributed by atoms with Gasteiger partial charge in [0.2, 0.25) is 0 Å². The number of rotatable bonds is 11. The van der Waals surface area contributed by atoms with Gasteiger partial charge in [-0.1, -0.05) is 55.5 Å². The molecule has 3 N–H and O–H groups in total. The van der Waals surface area contributed by atoms with Crippen molar-refractivity contribution in [3.63, 3.8) is 0 Å². The molecule has 1 saturated heterocycles. The normalized spacial score (nSPS) is 14.4. The second kappa shape index (κ2) is 12.6. The summed E-state index contributed by atoms with van der Waals surface area (Å²) in [7, 11) is 0. The average molecular weight is 537 g/mol.